The minimum atomic E-state index is -3.28. The summed E-state index contributed by atoms with van der Waals surface area (Å²) in [5.41, 5.74) is 3.07. The van der Waals surface area contributed by atoms with Crippen molar-refractivity contribution in [3.8, 4) is 0 Å². The predicted octanol–water partition coefficient (Wildman–Crippen LogP) is 4.05. The summed E-state index contributed by atoms with van der Waals surface area (Å²) in [6.07, 6.45) is 3.36. The van der Waals surface area contributed by atoms with Gasteiger partial charge in [-0.15, -0.1) is 0 Å². The molecule has 1 unspecified atom stereocenters. The summed E-state index contributed by atoms with van der Waals surface area (Å²) in [5.74, 6) is 0. The van der Waals surface area contributed by atoms with E-state index in [1.165, 1.54) is 0 Å². The second-order valence-electron chi connectivity index (χ2n) is 4.14. The Balaban J connectivity index is 3.04. The molecule has 0 aliphatic carbocycles. The van der Waals surface area contributed by atoms with Crippen LogP contribution in [0.25, 0.3) is 0 Å². The van der Waals surface area contributed by atoms with Crippen LogP contribution in [-0.2, 0) is 18.5 Å². The topological polar surface area (TPSA) is 56.8 Å². The lowest BCUT2D eigenvalue weighted by molar-refractivity contribution is 0.0823. The Morgan fingerprint density at radius 2 is 1.71 bits per heavy atom. The zero-order chi connectivity index (χ0) is 15.6. The van der Waals surface area contributed by atoms with Crippen molar-refractivity contribution in [1.29, 1.82) is 0 Å². The molecule has 118 valence electrons. The van der Waals surface area contributed by atoms with Crippen LogP contribution in [0, 0.1) is 0 Å². The van der Waals surface area contributed by atoms with E-state index in [0.717, 1.165) is 5.56 Å². The van der Waals surface area contributed by atoms with Crippen molar-refractivity contribution in [3.05, 3.63) is 48.2 Å². The standard InChI is InChI=1S/C15H24NO4P/c1-4-18-16-13-12-15(14-10-8-7-9-11-14)21(17,19-5-2)20-6-3/h7-13,15-16H,4-6H2,1-3H3/b13-12+. The first kappa shape index (κ1) is 17.9. The smallest absolute Gasteiger partial charge is 0.308 e. The molecule has 0 amide bonds. The molecule has 0 saturated carbocycles. The first-order valence-electron chi connectivity index (χ1n) is 7.15. The fourth-order valence-corrected chi connectivity index (χ4v) is 3.82. The first-order valence-corrected chi connectivity index (χ1v) is 8.76. The van der Waals surface area contributed by atoms with Gasteiger partial charge in [0.1, 0.15) is 5.66 Å². The molecule has 21 heavy (non-hydrogen) atoms. The molecule has 0 heterocycles. The van der Waals surface area contributed by atoms with E-state index in [0.29, 0.717) is 19.8 Å². The Morgan fingerprint density at radius 3 is 2.24 bits per heavy atom. The van der Waals surface area contributed by atoms with E-state index in [1.807, 2.05) is 37.3 Å². The predicted molar refractivity (Wildman–Crippen MR) is 83.9 cm³/mol. The maximum Gasteiger partial charge on any atom is 0.341 e. The third kappa shape index (κ3) is 5.64. The van der Waals surface area contributed by atoms with Crippen LogP contribution in [0.1, 0.15) is 32.0 Å². The average molecular weight is 313 g/mol. The summed E-state index contributed by atoms with van der Waals surface area (Å²) >= 11 is 0. The van der Waals surface area contributed by atoms with Gasteiger partial charge < -0.3 is 9.05 Å². The lowest BCUT2D eigenvalue weighted by atomic mass is 10.1. The summed E-state index contributed by atoms with van der Waals surface area (Å²) in [7, 11) is -3.28. The SMILES string of the molecule is CCON/C=C/C(c1ccccc1)P(=O)(OCC)OCC. The zero-order valence-corrected chi connectivity index (χ0v) is 13.7. The van der Waals surface area contributed by atoms with Gasteiger partial charge in [0.25, 0.3) is 0 Å². The van der Waals surface area contributed by atoms with E-state index in [-0.39, 0.29) is 0 Å². The van der Waals surface area contributed by atoms with Gasteiger partial charge in [-0.1, -0.05) is 30.3 Å². The van der Waals surface area contributed by atoms with Crippen LogP contribution in [0.2, 0.25) is 0 Å². The highest BCUT2D eigenvalue weighted by atomic mass is 31.2. The third-order valence-electron chi connectivity index (χ3n) is 2.67. The van der Waals surface area contributed by atoms with Crippen LogP contribution in [0.3, 0.4) is 0 Å². The summed E-state index contributed by atoms with van der Waals surface area (Å²) in [6, 6.07) is 9.51. The van der Waals surface area contributed by atoms with Crippen LogP contribution in [-0.4, -0.2) is 19.8 Å². The molecule has 0 radical (unpaired) electrons. The van der Waals surface area contributed by atoms with Gasteiger partial charge in [-0.25, -0.2) is 0 Å². The van der Waals surface area contributed by atoms with Crippen LogP contribution in [0.15, 0.2) is 42.6 Å². The number of allylic oxidation sites excluding steroid dienone is 1. The maximum atomic E-state index is 13.0. The lowest BCUT2D eigenvalue weighted by Crippen LogP contribution is -2.09. The van der Waals surface area contributed by atoms with Crippen molar-refractivity contribution in [2.24, 2.45) is 0 Å². The van der Waals surface area contributed by atoms with Gasteiger partial charge in [-0.3, -0.25) is 14.9 Å². The molecule has 0 aliphatic heterocycles. The molecule has 1 aromatic rings. The van der Waals surface area contributed by atoms with Gasteiger partial charge in [-0.05, 0) is 32.4 Å². The Bertz CT molecular complexity index is 454. The minimum Gasteiger partial charge on any atom is -0.308 e. The molecule has 0 saturated heterocycles. The number of nitrogens with one attached hydrogen (secondary N) is 1. The van der Waals surface area contributed by atoms with E-state index in [1.54, 1.807) is 26.1 Å². The molecule has 0 spiro atoms. The van der Waals surface area contributed by atoms with Gasteiger partial charge >= 0.3 is 7.60 Å². The fourth-order valence-electron chi connectivity index (χ4n) is 1.87. The van der Waals surface area contributed by atoms with E-state index < -0.39 is 13.3 Å². The second kappa shape index (κ2) is 9.74. The Morgan fingerprint density at radius 1 is 1.10 bits per heavy atom. The monoisotopic (exact) mass is 313 g/mol. The van der Waals surface area contributed by atoms with Crippen molar-refractivity contribution in [1.82, 2.24) is 5.48 Å². The van der Waals surface area contributed by atoms with Gasteiger partial charge in [0.05, 0.1) is 19.8 Å². The normalized spacial score (nSPS) is 13.5. The fraction of sp³-hybridized carbons (Fsp3) is 0.467. The second-order valence-corrected chi connectivity index (χ2v) is 6.29. The highest BCUT2D eigenvalue weighted by molar-refractivity contribution is 7.54. The van der Waals surface area contributed by atoms with Crippen LogP contribution in [0.5, 0.6) is 0 Å². The number of rotatable bonds is 10. The minimum absolute atomic E-state index is 0.327. The summed E-state index contributed by atoms with van der Waals surface area (Å²) in [6.45, 7) is 6.67. The van der Waals surface area contributed by atoms with Crippen molar-refractivity contribution >= 4 is 7.60 Å². The number of hydroxylamine groups is 1. The molecule has 1 N–H and O–H groups in total. The lowest BCUT2D eigenvalue weighted by Gasteiger charge is -2.24. The Kier molecular flexibility index (Phi) is 8.31. The molecule has 1 rings (SSSR count). The number of hydrogen-bond donors (Lipinski definition) is 1. The average Bonchev–Trinajstić information content (AvgIpc) is 2.48. The van der Waals surface area contributed by atoms with Crippen LogP contribution >= 0.6 is 7.60 Å². The number of hydrogen-bond acceptors (Lipinski definition) is 5. The van der Waals surface area contributed by atoms with Crippen molar-refractivity contribution < 1.29 is 18.5 Å². The first-order chi connectivity index (χ1) is 10.2. The van der Waals surface area contributed by atoms with Crippen LogP contribution < -0.4 is 5.48 Å². The van der Waals surface area contributed by atoms with E-state index in [9.17, 15) is 4.57 Å². The Labute approximate surface area is 126 Å². The molecule has 0 aromatic heterocycles. The summed E-state index contributed by atoms with van der Waals surface area (Å²) in [5, 5.41) is 0. The molecular formula is C15H24NO4P. The van der Waals surface area contributed by atoms with E-state index in [2.05, 4.69) is 5.48 Å². The van der Waals surface area contributed by atoms with Crippen molar-refractivity contribution in [2.75, 3.05) is 19.8 Å². The van der Waals surface area contributed by atoms with Crippen LogP contribution in [0.4, 0.5) is 0 Å². The van der Waals surface area contributed by atoms with E-state index >= 15 is 0 Å². The molecule has 1 atom stereocenters. The largest absolute Gasteiger partial charge is 0.341 e. The van der Waals surface area contributed by atoms with Crippen molar-refractivity contribution in [2.45, 2.75) is 26.4 Å². The molecule has 0 fully saturated rings. The highest BCUT2D eigenvalue weighted by Gasteiger charge is 2.34. The molecule has 0 bridgehead atoms. The number of benzene rings is 1. The van der Waals surface area contributed by atoms with E-state index in [4.69, 9.17) is 13.9 Å². The zero-order valence-electron chi connectivity index (χ0n) is 12.8. The van der Waals surface area contributed by atoms with Gasteiger partial charge in [0.2, 0.25) is 0 Å². The van der Waals surface area contributed by atoms with Gasteiger partial charge in [0, 0.05) is 6.20 Å². The van der Waals surface area contributed by atoms with Crippen molar-refractivity contribution in [3.63, 3.8) is 0 Å². The quantitative estimate of drug-likeness (QED) is 0.401. The molecule has 0 aliphatic rings. The highest BCUT2D eigenvalue weighted by Crippen LogP contribution is 2.61. The molecular weight excluding hydrogens is 289 g/mol. The molecule has 6 heteroatoms. The third-order valence-corrected chi connectivity index (χ3v) is 5.06. The maximum absolute atomic E-state index is 13.0. The van der Waals surface area contributed by atoms with Gasteiger partial charge in [0.15, 0.2) is 0 Å². The summed E-state index contributed by atoms with van der Waals surface area (Å²) in [4.78, 5) is 5.04. The van der Waals surface area contributed by atoms with Gasteiger partial charge in [-0.2, -0.15) is 0 Å². The Hall–Kier alpha value is -1.13. The molecule has 1 aromatic carbocycles. The molecule has 5 nitrogen and oxygen atoms in total. The summed E-state index contributed by atoms with van der Waals surface area (Å²) < 4.78 is 23.9.